The number of nitrogens with zero attached hydrogens (tertiary/aromatic N) is 1. The summed E-state index contributed by atoms with van der Waals surface area (Å²) in [5.74, 6) is 0.725. The minimum Gasteiger partial charge on any atom is -0.487 e. The summed E-state index contributed by atoms with van der Waals surface area (Å²) in [4.78, 5) is 17.5. The van der Waals surface area contributed by atoms with Crippen molar-refractivity contribution in [2.75, 3.05) is 0 Å². The number of ether oxygens (including phenoxy) is 1. The highest BCUT2D eigenvalue weighted by Crippen LogP contribution is 2.33. The summed E-state index contributed by atoms with van der Waals surface area (Å²) in [6.45, 7) is 2.59. The van der Waals surface area contributed by atoms with Crippen LogP contribution in [0.4, 0.5) is 5.69 Å². The van der Waals surface area contributed by atoms with Crippen LogP contribution in [0.2, 0.25) is 0 Å². The number of carbonyl (C=O) groups is 1. The molecule has 1 aliphatic rings. The van der Waals surface area contributed by atoms with Crippen LogP contribution < -0.4 is 10.1 Å². The Morgan fingerprint density at radius 2 is 1.71 bits per heavy atom. The molecule has 7 heteroatoms. The molecule has 0 atom stereocenters. The number of amidine groups is 1. The zero-order valence-corrected chi connectivity index (χ0v) is 21.7. The van der Waals surface area contributed by atoms with Crippen LogP contribution in [0, 0.1) is 14.1 Å². The van der Waals surface area contributed by atoms with Crippen molar-refractivity contribution in [3.8, 4) is 5.75 Å². The molecule has 0 unspecified atom stereocenters. The van der Waals surface area contributed by atoms with Crippen LogP contribution in [0.5, 0.6) is 5.75 Å². The number of aliphatic imine (C=N–C) groups is 1. The minimum absolute atomic E-state index is 0.135. The molecule has 0 saturated carbocycles. The second-order valence-corrected chi connectivity index (χ2v) is 10.3. The van der Waals surface area contributed by atoms with Gasteiger partial charge < -0.3 is 10.1 Å². The third kappa shape index (κ3) is 5.89. The number of para-hydroxylation sites is 1. The van der Waals surface area contributed by atoms with Crippen molar-refractivity contribution in [2.45, 2.75) is 13.5 Å². The van der Waals surface area contributed by atoms with E-state index in [4.69, 9.17) is 4.74 Å². The fourth-order valence-corrected chi connectivity index (χ4v) is 5.86. The molecule has 0 aromatic heterocycles. The number of carbonyl (C=O) groups excluding carboxylic acids is 1. The van der Waals surface area contributed by atoms with Gasteiger partial charge in [-0.2, -0.15) is 0 Å². The van der Waals surface area contributed by atoms with Gasteiger partial charge in [-0.1, -0.05) is 48.0 Å². The summed E-state index contributed by atoms with van der Waals surface area (Å²) >= 11 is 5.91. The van der Waals surface area contributed by atoms with Crippen molar-refractivity contribution in [2.24, 2.45) is 4.99 Å². The second kappa shape index (κ2) is 10.2. The van der Waals surface area contributed by atoms with Crippen molar-refractivity contribution in [3.05, 3.63) is 95.5 Å². The maximum absolute atomic E-state index is 12.4. The number of nitrogens with one attached hydrogen (secondary N) is 1. The predicted octanol–water partition coefficient (Wildman–Crippen LogP) is 6.67. The Hall–Kier alpha value is -1.85. The lowest BCUT2D eigenvalue weighted by Gasteiger charge is -2.12. The summed E-state index contributed by atoms with van der Waals surface area (Å²) in [6.07, 6.45) is 1.89. The molecule has 4 rings (SSSR count). The van der Waals surface area contributed by atoms with Gasteiger partial charge in [-0.25, -0.2) is 4.99 Å². The maximum Gasteiger partial charge on any atom is 0.264 e. The number of thioether (sulfide) groups is 1. The Bertz CT molecular complexity index is 1150. The van der Waals surface area contributed by atoms with Gasteiger partial charge in [0, 0.05) is 0 Å². The molecule has 0 aliphatic carbocycles. The normalized spacial score (nSPS) is 16.0. The fraction of sp³-hybridized carbons (Fsp3) is 0.0833. The van der Waals surface area contributed by atoms with Crippen LogP contribution in [-0.2, 0) is 11.4 Å². The van der Waals surface area contributed by atoms with Crippen LogP contribution in [0.25, 0.3) is 6.08 Å². The molecule has 1 saturated heterocycles. The van der Waals surface area contributed by atoms with E-state index in [2.05, 4.69) is 86.7 Å². The lowest BCUT2D eigenvalue weighted by Crippen LogP contribution is -2.19. The highest BCUT2D eigenvalue weighted by molar-refractivity contribution is 14.1. The second-order valence-electron chi connectivity index (χ2n) is 6.91. The van der Waals surface area contributed by atoms with Crippen molar-refractivity contribution < 1.29 is 9.53 Å². The van der Waals surface area contributed by atoms with E-state index in [1.807, 2.05) is 48.5 Å². The summed E-state index contributed by atoms with van der Waals surface area (Å²) in [6, 6.07) is 22.0. The Kier molecular flexibility index (Phi) is 7.34. The zero-order chi connectivity index (χ0) is 21.8. The van der Waals surface area contributed by atoms with Crippen LogP contribution in [0.3, 0.4) is 0 Å². The van der Waals surface area contributed by atoms with E-state index < -0.39 is 0 Å². The van der Waals surface area contributed by atoms with E-state index in [1.165, 1.54) is 17.3 Å². The largest absolute Gasteiger partial charge is 0.487 e. The number of amides is 1. The molecule has 1 fully saturated rings. The van der Waals surface area contributed by atoms with Crippen molar-refractivity contribution >= 4 is 79.8 Å². The van der Waals surface area contributed by atoms with Crippen molar-refractivity contribution in [3.63, 3.8) is 0 Å². The molecule has 156 valence electrons. The highest BCUT2D eigenvalue weighted by Gasteiger charge is 2.24. The zero-order valence-electron chi connectivity index (χ0n) is 16.6. The lowest BCUT2D eigenvalue weighted by atomic mass is 10.1. The smallest absolute Gasteiger partial charge is 0.264 e. The molecule has 0 spiro atoms. The van der Waals surface area contributed by atoms with Crippen LogP contribution in [-0.4, -0.2) is 11.1 Å². The molecule has 1 amide bonds. The fourth-order valence-electron chi connectivity index (χ4n) is 2.89. The quantitative estimate of drug-likeness (QED) is 0.248. The van der Waals surface area contributed by atoms with Crippen molar-refractivity contribution in [1.82, 2.24) is 5.32 Å². The minimum atomic E-state index is -0.135. The van der Waals surface area contributed by atoms with E-state index in [-0.39, 0.29) is 5.91 Å². The number of benzene rings is 3. The summed E-state index contributed by atoms with van der Waals surface area (Å²) < 4.78 is 8.09. The molecule has 0 bridgehead atoms. The van der Waals surface area contributed by atoms with Gasteiger partial charge in [0.25, 0.3) is 5.91 Å². The van der Waals surface area contributed by atoms with Gasteiger partial charge in [0.1, 0.15) is 12.4 Å². The molecular weight excluding hydrogens is 634 g/mol. The molecule has 3 aromatic rings. The average molecular weight is 652 g/mol. The molecule has 0 radical (unpaired) electrons. The monoisotopic (exact) mass is 652 g/mol. The van der Waals surface area contributed by atoms with Gasteiger partial charge in [-0.3, -0.25) is 4.79 Å². The number of rotatable bonds is 5. The van der Waals surface area contributed by atoms with Gasteiger partial charge in [-0.15, -0.1) is 0 Å². The van der Waals surface area contributed by atoms with E-state index in [9.17, 15) is 4.79 Å². The number of hydrogen-bond acceptors (Lipinski definition) is 4. The Labute approximate surface area is 212 Å². The van der Waals surface area contributed by atoms with Gasteiger partial charge in [0.2, 0.25) is 0 Å². The van der Waals surface area contributed by atoms with Crippen LogP contribution in [0.15, 0.2) is 76.6 Å². The van der Waals surface area contributed by atoms with E-state index >= 15 is 0 Å². The Morgan fingerprint density at radius 1 is 1.03 bits per heavy atom. The number of hydrogen-bond donors (Lipinski definition) is 1. The Morgan fingerprint density at radius 3 is 2.39 bits per heavy atom. The van der Waals surface area contributed by atoms with Gasteiger partial charge in [-0.05, 0) is 105 Å². The average Bonchev–Trinajstić information content (AvgIpc) is 3.08. The molecule has 1 heterocycles. The van der Waals surface area contributed by atoms with Crippen LogP contribution >= 0.6 is 56.9 Å². The third-order valence-electron chi connectivity index (χ3n) is 4.46. The first-order chi connectivity index (χ1) is 15.0. The maximum atomic E-state index is 12.4. The third-order valence-corrected chi connectivity index (χ3v) is 6.97. The van der Waals surface area contributed by atoms with E-state index in [0.29, 0.717) is 16.7 Å². The van der Waals surface area contributed by atoms with Crippen molar-refractivity contribution in [1.29, 1.82) is 0 Å². The molecular formula is C24H18I2N2O2S. The molecule has 1 aliphatic heterocycles. The Balaban J connectivity index is 1.50. The standard InChI is InChI=1S/C24H18I2N2O2S/c1-15-7-9-16(10-8-15)14-30-22-19(25)11-17(12-20(22)26)13-21-23(29)28-24(31-21)27-18-5-3-2-4-6-18/h2-13H,14H2,1H3,(H,27,28,29)/b21-13-. The summed E-state index contributed by atoms with van der Waals surface area (Å²) in [5.41, 5.74) is 4.13. The lowest BCUT2D eigenvalue weighted by molar-refractivity contribution is -0.115. The summed E-state index contributed by atoms with van der Waals surface area (Å²) in [7, 11) is 0. The molecule has 1 N–H and O–H groups in total. The molecule has 3 aromatic carbocycles. The molecule has 31 heavy (non-hydrogen) atoms. The highest BCUT2D eigenvalue weighted by atomic mass is 127. The van der Waals surface area contributed by atoms with Crippen LogP contribution in [0.1, 0.15) is 16.7 Å². The van der Waals surface area contributed by atoms with E-state index in [0.717, 1.165) is 29.7 Å². The number of halogens is 2. The number of aryl methyl sites for hydroxylation is 1. The first-order valence-corrected chi connectivity index (χ1v) is 12.5. The molecule has 4 nitrogen and oxygen atoms in total. The topological polar surface area (TPSA) is 50.7 Å². The van der Waals surface area contributed by atoms with Gasteiger partial charge >= 0.3 is 0 Å². The SMILES string of the molecule is Cc1ccc(COc2c(I)cc(/C=C3\SC(=Nc4ccccc4)NC3=O)cc2I)cc1. The summed E-state index contributed by atoms with van der Waals surface area (Å²) in [5, 5.41) is 3.42. The van der Waals surface area contributed by atoms with Gasteiger partial charge in [0.15, 0.2) is 5.17 Å². The van der Waals surface area contributed by atoms with Gasteiger partial charge in [0.05, 0.1) is 17.7 Å². The predicted molar refractivity (Wildman–Crippen MR) is 145 cm³/mol. The van der Waals surface area contributed by atoms with E-state index in [1.54, 1.807) is 0 Å². The first-order valence-electron chi connectivity index (χ1n) is 9.50. The first kappa shape index (κ1) is 22.3.